The van der Waals surface area contributed by atoms with E-state index in [2.05, 4.69) is 36.2 Å². The van der Waals surface area contributed by atoms with Crippen LogP contribution in [0.1, 0.15) is 29.8 Å². The van der Waals surface area contributed by atoms with Gasteiger partial charge in [-0.2, -0.15) is 0 Å². The SMILES string of the molecule is COCC(=O)Nc1ccc2c(c1)OC[C@H](C)N(Cc1ccccc1)C[C@@H](C)[C@H](OC)CN(C)C2=O. The lowest BCUT2D eigenvalue weighted by Gasteiger charge is -2.36. The van der Waals surface area contributed by atoms with Crippen LogP contribution in [0.3, 0.4) is 0 Å². The van der Waals surface area contributed by atoms with Crippen LogP contribution in [0.15, 0.2) is 48.5 Å². The molecule has 8 nitrogen and oxygen atoms in total. The summed E-state index contributed by atoms with van der Waals surface area (Å²) in [4.78, 5) is 29.4. The highest BCUT2D eigenvalue weighted by atomic mass is 16.5. The van der Waals surface area contributed by atoms with Crippen molar-refractivity contribution in [2.45, 2.75) is 32.5 Å². The molecule has 2 amide bonds. The molecule has 0 unspecified atom stereocenters. The van der Waals surface area contributed by atoms with E-state index in [1.54, 1.807) is 37.3 Å². The second kappa shape index (κ2) is 12.7. The minimum Gasteiger partial charge on any atom is -0.491 e. The van der Waals surface area contributed by atoms with E-state index in [-0.39, 0.29) is 36.5 Å². The number of ether oxygens (including phenoxy) is 3. The lowest BCUT2D eigenvalue weighted by molar-refractivity contribution is -0.119. The number of benzene rings is 2. The number of carbonyl (C=O) groups excluding carboxylic acids is 2. The summed E-state index contributed by atoms with van der Waals surface area (Å²) in [5.41, 5.74) is 2.22. The lowest BCUT2D eigenvalue weighted by atomic mass is 10.0. The monoisotopic (exact) mass is 483 g/mol. The number of carbonyl (C=O) groups is 2. The lowest BCUT2D eigenvalue weighted by Crippen LogP contribution is -2.46. The Balaban J connectivity index is 1.92. The smallest absolute Gasteiger partial charge is 0.257 e. The van der Waals surface area contributed by atoms with Crippen LogP contribution in [0.4, 0.5) is 5.69 Å². The van der Waals surface area contributed by atoms with Crippen molar-refractivity contribution in [3.05, 3.63) is 59.7 Å². The normalized spacial score (nSPS) is 21.9. The van der Waals surface area contributed by atoms with E-state index in [1.165, 1.54) is 12.7 Å². The van der Waals surface area contributed by atoms with Crippen molar-refractivity contribution in [2.24, 2.45) is 5.92 Å². The summed E-state index contributed by atoms with van der Waals surface area (Å²) in [5, 5.41) is 2.78. The van der Waals surface area contributed by atoms with Gasteiger partial charge in [0.05, 0.1) is 11.7 Å². The molecule has 1 heterocycles. The molecule has 1 N–H and O–H groups in total. The van der Waals surface area contributed by atoms with Crippen molar-refractivity contribution in [3.63, 3.8) is 0 Å². The highest BCUT2D eigenvalue weighted by Crippen LogP contribution is 2.27. The first-order valence-electron chi connectivity index (χ1n) is 11.9. The number of nitrogens with zero attached hydrogens (tertiary/aromatic N) is 2. The van der Waals surface area contributed by atoms with E-state index in [9.17, 15) is 9.59 Å². The highest BCUT2D eigenvalue weighted by Gasteiger charge is 2.28. The van der Waals surface area contributed by atoms with Gasteiger partial charge in [-0.25, -0.2) is 0 Å². The van der Waals surface area contributed by atoms with Gasteiger partial charge >= 0.3 is 0 Å². The van der Waals surface area contributed by atoms with E-state index >= 15 is 0 Å². The molecule has 2 aromatic rings. The third kappa shape index (κ3) is 7.27. The number of rotatable bonds is 6. The maximum absolute atomic E-state index is 13.3. The summed E-state index contributed by atoms with van der Waals surface area (Å²) < 4.78 is 16.9. The van der Waals surface area contributed by atoms with Crippen molar-refractivity contribution >= 4 is 17.5 Å². The van der Waals surface area contributed by atoms with Crippen LogP contribution < -0.4 is 10.1 Å². The number of methoxy groups -OCH3 is 2. The van der Waals surface area contributed by atoms with Gasteiger partial charge in [-0.3, -0.25) is 14.5 Å². The minimum absolute atomic E-state index is 0.0539. The van der Waals surface area contributed by atoms with Gasteiger partial charge in [-0.1, -0.05) is 37.3 Å². The fraction of sp³-hybridized carbons (Fsp3) is 0.481. The van der Waals surface area contributed by atoms with Gasteiger partial charge < -0.3 is 24.4 Å². The molecule has 2 aromatic carbocycles. The van der Waals surface area contributed by atoms with Gasteiger partial charge in [0, 0.05) is 58.7 Å². The molecule has 0 aromatic heterocycles. The van der Waals surface area contributed by atoms with Gasteiger partial charge in [-0.05, 0) is 30.5 Å². The number of anilines is 1. The number of likely N-dealkylation sites (N-methyl/N-ethyl adjacent to an activating group) is 1. The molecule has 35 heavy (non-hydrogen) atoms. The highest BCUT2D eigenvalue weighted by molar-refractivity contribution is 5.98. The summed E-state index contributed by atoms with van der Waals surface area (Å²) >= 11 is 0. The molecule has 0 radical (unpaired) electrons. The first kappa shape index (κ1) is 26.7. The minimum atomic E-state index is -0.275. The third-order valence-corrected chi connectivity index (χ3v) is 6.36. The number of amides is 2. The Morgan fingerprint density at radius 1 is 1.11 bits per heavy atom. The molecule has 1 aliphatic rings. The van der Waals surface area contributed by atoms with Gasteiger partial charge in [0.25, 0.3) is 5.91 Å². The van der Waals surface area contributed by atoms with E-state index in [4.69, 9.17) is 14.2 Å². The molecular weight excluding hydrogens is 446 g/mol. The van der Waals surface area contributed by atoms with Crippen LogP contribution in [0.2, 0.25) is 0 Å². The van der Waals surface area contributed by atoms with Crippen LogP contribution in [-0.4, -0.2) is 81.3 Å². The zero-order chi connectivity index (χ0) is 25.4. The third-order valence-electron chi connectivity index (χ3n) is 6.36. The maximum atomic E-state index is 13.3. The Morgan fingerprint density at radius 3 is 2.54 bits per heavy atom. The van der Waals surface area contributed by atoms with Crippen LogP contribution in [0.25, 0.3) is 0 Å². The molecule has 0 saturated heterocycles. The zero-order valence-corrected chi connectivity index (χ0v) is 21.3. The molecule has 0 aliphatic carbocycles. The Morgan fingerprint density at radius 2 is 1.86 bits per heavy atom. The molecule has 3 atom stereocenters. The molecule has 0 spiro atoms. The van der Waals surface area contributed by atoms with E-state index < -0.39 is 0 Å². The summed E-state index contributed by atoms with van der Waals surface area (Å²) in [7, 11) is 4.93. The molecular formula is C27H37N3O5. The van der Waals surface area contributed by atoms with Gasteiger partial charge in [0.15, 0.2) is 0 Å². The predicted octanol–water partition coefficient (Wildman–Crippen LogP) is 3.28. The summed E-state index contributed by atoms with van der Waals surface area (Å²) in [6.07, 6.45) is -0.120. The molecule has 0 saturated carbocycles. The van der Waals surface area contributed by atoms with E-state index in [0.717, 1.165) is 13.1 Å². The van der Waals surface area contributed by atoms with E-state index in [1.807, 2.05) is 18.2 Å². The molecule has 8 heteroatoms. The molecule has 190 valence electrons. The first-order chi connectivity index (χ1) is 16.8. The van der Waals surface area contributed by atoms with Crippen LogP contribution in [0, 0.1) is 5.92 Å². The largest absolute Gasteiger partial charge is 0.491 e. The van der Waals surface area contributed by atoms with Crippen LogP contribution >= 0.6 is 0 Å². The van der Waals surface area contributed by atoms with Crippen molar-refractivity contribution in [1.29, 1.82) is 0 Å². The second-order valence-corrected chi connectivity index (χ2v) is 9.20. The fourth-order valence-corrected chi connectivity index (χ4v) is 4.29. The summed E-state index contributed by atoms with van der Waals surface area (Å²) in [5.74, 6) is 0.201. The van der Waals surface area contributed by atoms with Crippen molar-refractivity contribution < 1.29 is 23.8 Å². The number of fused-ring (bicyclic) bond motifs is 1. The fourth-order valence-electron chi connectivity index (χ4n) is 4.29. The van der Waals surface area contributed by atoms with Gasteiger partial charge in [0.1, 0.15) is 19.0 Å². The van der Waals surface area contributed by atoms with Crippen molar-refractivity contribution in [1.82, 2.24) is 9.80 Å². The van der Waals surface area contributed by atoms with Gasteiger partial charge in [0.2, 0.25) is 5.91 Å². The second-order valence-electron chi connectivity index (χ2n) is 9.20. The number of hydrogen-bond donors (Lipinski definition) is 1. The average Bonchev–Trinajstić information content (AvgIpc) is 2.85. The van der Waals surface area contributed by atoms with Crippen LogP contribution in [-0.2, 0) is 20.8 Å². The molecule has 0 bridgehead atoms. The first-order valence-corrected chi connectivity index (χ1v) is 11.9. The number of nitrogens with one attached hydrogen (secondary N) is 1. The Kier molecular flexibility index (Phi) is 9.65. The topological polar surface area (TPSA) is 80.3 Å². The molecule has 0 fully saturated rings. The quantitative estimate of drug-likeness (QED) is 0.679. The Bertz CT molecular complexity index is 984. The standard InChI is InChI=1S/C27H37N3O5/c1-19-14-30(15-21-9-7-6-8-10-21)20(2)17-35-24-13-22(28-26(31)18-33-4)11-12-23(24)27(32)29(3)16-25(19)34-5/h6-13,19-20,25H,14-18H2,1-5H3,(H,28,31)/t19-,20+,25-/m1/s1. The van der Waals surface area contributed by atoms with Crippen molar-refractivity contribution in [3.8, 4) is 5.75 Å². The Hall–Kier alpha value is -2.94. The van der Waals surface area contributed by atoms with Crippen LogP contribution in [0.5, 0.6) is 5.75 Å². The Labute approximate surface area is 208 Å². The number of hydrogen-bond acceptors (Lipinski definition) is 6. The van der Waals surface area contributed by atoms with Crippen molar-refractivity contribution in [2.75, 3.05) is 52.9 Å². The predicted molar refractivity (Wildman–Crippen MR) is 136 cm³/mol. The van der Waals surface area contributed by atoms with E-state index in [0.29, 0.717) is 30.2 Å². The zero-order valence-electron chi connectivity index (χ0n) is 21.3. The summed E-state index contributed by atoms with van der Waals surface area (Å²) in [6, 6.07) is 15.5. The summed E-state index contributed by atoms with van der Waals surface area (Å²) in [6.45, 7) is 6.64. The molecule has 1 aliphatic heterocycles. The van der Waals surface area contributed by atoms with Gasteiger partial charge in [-0.15, -0.1) is 0 Å². The average molecular weight is 484 g/mol. The molecule has 3 rings (SSSR count). The maximum Gasteiger partial charge on any atom is 0.257 e.